The fraction of sp³-hybridized carbons (Fsp3) is 0.800. The summed E-state index contributed by atoms with van der Waals surface area (Å²) < 4.78 is 14.2. The van der Waals surface area contributed by atoms with Crippen LogP contribution in [-0.2, 0) is 6.42 Å². The summed E-state index contributed by atoms with van der Waals surface area (Å²) in [6.45, 7) is 4.42. The van der Waals surface area contributed by atoms with Crippen molar-refractivity contribution in [3.8, 4) is 0 Å². The molecule has 0 aliphatic heterocycles. The van der Waals surface area contributed by atoms with E-state index in [1.807, 2.05) is 0 Å². The minimum Gasteiger partial charge on any atom is -0.241 e. The van der Waals surface area contributed by atoms with E-state index in [-0.39, 0.29) is 5.95 Å². The van der Waals surface area contributed by atoms with Crippen molar-refractivity contribution < 1.29 is 4.39 Å². The maximum absolute atomic E-state index is 14.2. The molecule has 23 heavy (non-hydrogen) atoms. The third kappa shape index (κ3) is 5.86. The molecule has 130 valence electrons. The van der Waals surface area contributed by atoms with E-state index in [1.165, 1.54) is 38.5 Å². The predicted octanol–water partition coefficient (Wildman–Crippen LogP) is 6.20. The lowest BCUT2D eigenvalue weighted by molar-refractivity contribution is 0.295. The van der Waals surface area contributed by atoms with Gasteiger partial charge in [0.15, 0.2) is 0 Å². The number of rotatable bonds is 9. The van der Waals surface area contributed by atoms with Crippen LogP contribution in [0.3, 0.4) is 0 Å². The van der Waals surface area contributed by atoms with Crippen molar-refractivity contribution in [2.45, 2.75) is 96.8 Å². The topological polar surface area (TPSA) is 25.8 Å². The van der Waals surface area contributed by atoms with E-state index < -0.39 is 0 Å². The zero-order valence-electron chi connectivity index (χ0n) is 15.0. The van der Waals surface area contributed by atoms with Crippen LogP contribution in [0.2, 0.25) is 0 Å². The molecule has 1 aromatic heterocycles. The Morgan fingerprint density at radius 3 is 2.35 bits per heavy atom. The lowest BCUT2D eigenvalue weighted by atomic mass is 9.79. The number of halogens is 1. The van der Waals surface area contributed by atoms with E-state index in [0.717, 1.165) is 50.3 Å². The quantitative estimate of drug-likeness (QED) is 0.400. The minimum absolute atomic E-state index is 0.281. The highest BCUT2D eigenvalue weighted by Crippen LogP contribution is 2.36. The molecule has 2 nitrogen and oxygen atoms in total. The summed E-state index contributed by atoms with van der Waals surface area (Å²) in [6.07, 6.45) is 16.0. The average Bonchev–Trinajstić information content (AvgIpc) is 2.57. The van der Waals surface area contributed by atoms with Crippen molar-refractivity contribution in [3.05, 3.63) is 23.5 Å². The van der Waals surface area contributed by atoms with Gasteiger partial charge in [0, 0.05) is 17.7 Å². The van der Waals surface area contributed by atoms with Crippen molar-refractivity contribution in [2.75, 3.05) is 0 Å². The number of hydrogen-bond acceptors (Lipinski definition) is 2. The summed E-state index contributed by atoms with van der Waals surface area (Å²) in [5, 5.41) is 0. The molecule has 0 atom stereocenters. The molecule has 3 heteroatoms. The highest BCUT2D eigenvalue weighted by atomic mass is 19.1. The van der Waals surface area contributed by atoms with Crippen LogP contribution in [0.5, 0.6) is 0 Å². The zero-order valence-corrected chi connectivity index (χ0v) is 15.0. The first-order chi connectivity index (χ1) is 11.2. The van der Waals surface area contributed by atoms with Crippen LogP contribution in [0, 0.1) is 11.9 Å². The molecular weight excluding hydrogens is 287 g/mol. The molecule has 1 aromatic rings. The molecule has 0 saturated heterocycles. The summed E-state index contributed by atoms with van der Waals surface area (Å²) >= 11 is 0. The Morgan fingerprint density at radius 1 is 1.00 bits per heavy atom. The molecule has 0 aromatic carbocycles. The van der Waals surface area contributed by atoms with Gasteiger partial charge in [-0.1, -0.05) is 52.4 Å². The number of nitrogens with zero attached hydrogens (tertiary/aromatic N) is 2. The van der Waals surface area contributed by atoms with E-state index in [4.69, 9.17) is 0 Å². The Labute approximate surface area is 141 Å². The molecular formula is C20H33FN2. The summed E-state index contributed by atoms with van der Waals surface area (Å²) in [5.74, 6) is 1.71. The lowest BCUT2D eigenvalue weighted by Crippen LogP contribution is -2.16. The Morgan fingerprint density at radius 2 is 1.70 bits per heavy atom. The summed E-state index contributed by atoms with van der Waals surface area (Å²) in [7, 11) is 0. The maximum atomic E-state index is 14.2. The Kier molecular flexibility index (Phi) is 7.98. The summed E-state index contributed by atoms with van der Waals surface area (Å²) in [5.41, 5.74) is 0.690. The van der Waals surface area contributed by atoms with Crippen molar-refractivity contribution in [1.29, 1.82) is 0 Å². The van der Waals surface area contributed by atoms with Crippen LogP contribution in [0.1, 0.15) is 102 Å². The Bertz CT molecular complexity index is 453. The fourth-order valence-electron chi connectivity index (χ4n) is 3.72. The molecule has 1 fully saturated rings. The zero-order chi connectivity index (χ0) is 16.5. The third-order valence-corrected chi connectivity index (χ3v) is 5.31. The van der Waals surface area contributed by atoms with E-state index in [0.29, 0.717) is 11.5 Å². The van der Waals surface area contributed by atoms with Gasteiger partial charge in [0.05, 0.1) is 0 Å². The fourth-order valence-corrected chi connectivity index (χ4v) is 3.72. The van der Waals surface area contributed by atoms with Gasteiger partial charge in [-0.05, 0) is 44.4 Å². The number of aromatic nitrogens is 2. The largest absolute Gasteiger partial charge is 0.241 e. The van der Waals surface area contributed by atoms with E-state index >= 15 is 0 Å². The standard InChI is InChI=1S/C20H33FN2/c1-3-5-7-9-16-11-13-17(14-12-16)20-22-15-18(19(21)23-20)10-8-6-4-2/h15-17H,3-14H2,1-2H3. The highest BCUT2D eigenvalue weighted by molar-refractivity contribution is 5.10. The van der Waals surface area contributed by atoms with E-state index in [9.17, 15) is 4.39 Å². The van der Waals surface area contributed by atoms with Gasteiger partial charge in [-0.3, -0.25) is 0 Å². The smallest absolute Gasteiger partial charge is 0.219 e. The van der Waals surface area contributed by atoms with Gasteiger partial charge in [-0.15, -0.1) is 0 Å². The number of aryl methyl sites for hydroxylation is 1. The number of hydrogen-bond donors (Lipinski definition) is 0. The van der Waals surface area contributed by atoms with Crippen molar-refractivity contribution >= 4 is 0 Å². The SMILES string of the molecule is CCCCCc1cnc(C2CCC(CCCCC)CC2)nc1F. The van der Waals surface area contributed by atoms with Crippen molar-refractivity contribution in [1.82, 2.24) is 9.97 Å². The average molecular weight is 320 g/mol. The van der Waals surface area contributed by atoms with Gasteiger partial charge in [0.2, 0.25) is 5.95 Å². The molecule has 0 amide bonds. The van der Waals surface area contributed by atoms with Crippen LogP contribution in [0.25, 0.3) is 0 Å². The normalized spacial score (nSPS) is 21.5. The van der Waals surface area contributed by atoms with Gasteiger partial charge in [0.1, 0.15) is 5.82 Å². The monoisotopic (exact) mass is 320 g/mol. The van der Waals surface area contributed by atoms with Crippen LogP contribution < -0.4 is 0 Å². The second-order valence-corrected chi connectivity index (χ2v) is 7.21. The summed E-state index contributed by atoms with van der Waals surface area (Å²) in [6, 6.07) is 0. The number of unbranched alkanes of at least 4 members (excludes halogenated alkanes) is 4. The lowest BCUT2D eigenvalue weighted by Gasteiger charge is -2.27. The van der Waals surface area contributed by atoms with Crippen LogP contribution >= 0.6 is 0 Å². The molecule has 1 aliphatic carbocycles. The molecule has 0 bridgehead atoms. The second kappa shape index (κ2) is 10.00. The molecule has 1 heterocycles. The minimum atomic E-state index is -0.281. The third-order valence-electron chi connectivity index (χ3n) is 5.31. The maximum Gasteiger partial charge on any atom is 0.219 e. The molecule has 0 unspecified atom stereocenters. The Balaban J connectivity index is 1.82. The van der Waals surface area contributed by atoms with Crippen LogP contribution in [-0.4, -0.2) is 9.97 Å². The molecule has 0 spiro atoms. The van der Waals surface area contributed by atoms with E-state index in [1.54, 1.807) is 6.20 Å². The van der Waals surface area contributed by atoms with Crippen LogP contribution in [0.4, 0.5) is 4.39 Å². The van der Waals surface area contributed by atoms with Crippen molar-refractivity contribution in [3.63, 3.8) is 0 Å². The second-order valence-electron chi connectivity index (χ2n) is 7.21. The van der Waals surface area contributed by atoms with Crippen LogP contribution in [0.15, 0.2) is 6.20 Å². The van der Waals surface area contributed by atoms with Crippen molar-refractivity contribution in [2.24, 2.45) is 5.92 Å². The Hall–Kier alpha value is -0.990. The van der Waals surface area contributed by atoms with Gasteiger partial charge in [-0.2, -0.15) is 4.39 Å². The van der Waals surface area contributed by atoms with Gasteiger partial charge in [-0.25, -0.2) is 9.97 Å². The molecule has 2 rings (SSSR count). The molecule has 0 radical (unpaired) electrons. The first-order valence-corrected chi connectivity index (χ1v) is 9.75. The summed E-state index contributed by atoms with van der Waals surface area (Å²) in [4.78, 5) is 8.69. The first kappa shape index (κ1) is 18.4. The van der Waals surface area contributed by atoms with Gasteiger partial charge < -0.3 is 0 Å². The molecule has 1 saturated carbocycles. The molecule has 1 aliphatic rings. The predicted molar refractivity (Wildman–Crippen MR) is 94.1 cm³/mol. The molecule has 0 N–H and O–H groups in total. The van der Waals surface area contributed by atoms with E-state index in [2.05, 4.69) is 23.8 Å². The first-order valence-electron chi connectivity index (χ1n) is 9.75. The highest BCUT2D eigenvalue weighted by Gasteiger charge is 2.24. The van der Waals surface area contributed by atoms with Gasteiger partial charge >= 0.3 is 0 Å². The van der Waals surface area contributed by atoms with Gasteiger partial charge in [0.25, 0.3) is 0 Å².